The van der Waals surface area contributed by atoms with E-state index in [2.05, 4.69) is 29.4 Å². The number of aromatic nitrogens is 1. The smallest absolute Gasteiger partial charge is 0.116 e. The molecule has 0 unspecified atom stereocenters. The summed E-state index contributed by atoms with van der Waals surface area (Å²) in [7, 11) is 1.93. The van der Waals surface area contributed by atoms with Gasteiger partial charge < -0.3 is 5.32 Å². The molecular weight excluding hydrogens is 168 g/mol. The van der Waals surface area contributed by atoms with Crippen molar-refractivity contribution in [3.63, 3.8) is 0 Å². The highest BCUT2D eigenvalue weighted by Gasteiger charge is 1.98. The Morgan fingerprint density at radius 2 is 2.25 bits per heavy atom. The minimum Gasteiger partial charge on any atom is -0.316 e. The normalized spacial score (nSPS) is 11.2. The van der Waals surface area contributed by atoms with E-state index >= 15 is 0 Å². The van der Waals surface area contributed by atoms with E-state index in [4.69, 9.17) is 0 Å². The third-order valence-electron chi connectivity index (χ3n) is 1.63. The van der Waals surface area contributed by atoms with Gasteiger partial charge in [0.2, 0.25) is 0 Å². The minimum atomic E-state index is 0.900. The van der Waals surface area contributed by atoms with Crippen LogP contribution in [-0.4, -0.2) is 18.6 Å². The lowest BCUT2D eigenvalue weighted by atomic mass is 10.4. The first kappa shape index (κ1) is 9.42. The molecule has 0 atom stereocenters. The molecule has 66 valence electrons. The van der Waals surface area contributed by atoms with Crippen LogP contribution in [0.2, 0.25) is 0 Å². The van der Waals surface area contributed by atoms with Crippen LogP contribution in [0.4, 0.5) is 0 Å². The second-order valence-corrected chi connectivity index (χ2v) is 3.89. The Hall–Kier alpha value is -0.670. The van der Waals surface area contributed by atoms with E-state index in [0.717, 1.165) is 17.2 Å². The van der Waals surface area contributed by atoms with Gasteiger partial charge in [-0.1, -0.05) is 6.08 Å². The van der Waals surface area contributed by atoms with Crippen molar-refractivity contribution in [3.8, 4) is 0 Å². The standard InChI is InChI=1S/C9H14N2S/c1-7-8(2)12-9(11-7)5-4-6-10-3/h4-5,10H,6H2,1-3H3. The van der Waals surface area contributed by atoms with Crippen molar-refractivity contribution in [1.82, 2.24) is 10.3 Å². The van der Waals surface area contributed by atoms with Crippen LogP contribution in [0.3, 0.4) is 0 Å². The van der Waals surface area contributed by atoms with E-state index in [1.54, 1.807) is 11.3 Å². The molecule has 0 bridgehead atoms. The molecule has 1 N–H and O–H groups in total. The molecule has 1 heterocycles. The molecule has 0 aliphatic rings. The molecule has 0 aromatic carbocycles. The zero-order valence-corrected chi connectivity index (χ0v) is 8.53. The number of nitrogens with zero attached hydrogens (tertiary/aromatic N) is 1. The predicted octanol–water partition coefficient (Wildman–Crippen LogP) is 1.99. The lowest BCUT2D eigenvalue weighted by molar-refractivity contribution is 0.922. The van der Waals surface area contributed by atoms with Gasteiger partial charge in [0, 0.05) is 11.4 Å². The number of hydrogen-bond acceptors (Lipinski definition) is 3. The van der Waals surface area contributed by atoms with Crippen molar-refractivity contribution < 1.29 is 0 Å². The maximum atomic E-state index is 4.39. The van der Waals surface area contributed by atoms with Crippen LogP contribution in [0.1, 0.15) is 15.6 Å². The molecular formula is C9H14N2S. The Balaban J connectivity index is 2.64. The second kappa shape index (κ2) is 4.38. The summed E-state index contributed by atoms with van der Waals surface area (Å²) < 4.78 is 0. The number of hydrogen-bond donors (Lipinski definition) is 1. The van der Waals surface area contributed by atoms with E-state index < -0.39 is 0 Å². The summed E-state index contributed by atoms with van der Waals surface area (Å²) in [6.07, 6.45) is 4.14. The molecule has 0 saturated heterocycles. The molecule has 3 heteroatoms. The van der Waals surface area contributed by atoms with Gasteiger partial charge in [-0.3, -0.25) is 0 Å². The quantitative estimate of drug-likeness (QED) is 0.773. The largest absolute Gasteiger partial charge is 0.316 e. The molecule has 0 aliphatic heterocycles. The van der Waals surface area contributed by atoms with E-state index in [1.807, 2.05) is 14.0 Å². The highest BCUT2D eigenvalue weighted by atomic mass is 32.1. The maximum Gasteiger partial charge on any atom is 0.116 e. The van der Waals surface area contributed by atoms with Gasteiger partial charge in [-0.25, -0.2) is 4.98 Å². The number of likely N-dealkylation sites (N-methyl/N-ethyl adjacent to an activating group) is 1. The van der Waals surface area contributed by atoms with Gasteiger partial charge in [-0.15, -0.1) is 11.3 Å². The molecule has 0 aliphatic carbocycles. The van der Waals surface area contributed by atoms with Crippen LogP contribution >= 0.6 is 11.3 Å². The molecule has 1 aromatic rings. The third kappa shape index (κ3) is 2.43. The van der Waals surface area contributed by atoms with Crippen molar-refractivity contribution in [2.45, 2.75) is 13.8 Å². The summed E-state index contributed by atoms with van der Waals surface area (Å²) in [5.41, 5.74) is 1.14. The average molecular weight is 182 g/mol. The van der Waals surface area contributed by atoms with Crippen molar-refractivity contribution in [2.24, 2.45) is 0 Å². The van der Waals surface area contributed by atoms with Crippen LogP contribution in [0, 0.1) is 13.8 Å². The molecule has 12 heavy (non-hydrogen) atoms. The van der Waals surface area contributed by atoms with E-state index in [9.17, 15) is 0 Å². The molecule has 1 aromatic heterocycles. The predicted molar refractivity (Wildman–Crippen MR) is 54.5 cm³/mol. The second-order valence-electron chi connectivity index (χ2n) is 2.65. The van der Waals surface area contributed by atoms with Crippen molar-refractivity contribution in [3.05, 3.63) is 21.7 Å². The number of nitrogens with one attached hydrogen (secondary N) is 1. The lowest BCUT2D eigenvalue weighted by Crippen LogP contribution is -2.03. The van der Waals surface area contributed by atoms with Crippen LogP contribution in [0.25, 0.3) is 6.08 Å². The molecule has 2 nitrogen and oxygen atoms in total. The summed E-state index contributed by atoms with van der Waals surface area (Å²) >= 11 is 1.74. The first-order valence-electron chi connectivity index (χ1n) is 3.99. The molecule has 0 fully saturated rings. The van der Waals surface area contributed by atoms with Crippen LogP contribution in [0.15, 0.2) is 6.08 Å². The topological polar surface area (TPSA) is 24.9 Å². The monoisotopic (exact) mass is 182 g/mol. The molecule has 1 rings (SSSR count). The summed E-state index contributed by atoms with van der Waals surface area (Å²) in [6, 6.07) is 0. The average Bonchev–Trinajstić information content (AvgIpc) is 2.32. The highest BCUT2D eigenvalue weighted by molar-refractivity contribution is 7.12. The zero-order chi connectivity index (χ0) is 8.97. The molecule has 0 amide bonds. The van der Waals surface area contributed by atoms with Gasteiger partial charge in [0.1, 0.15) is 5.01 Å². The maximum absolute atomic E-state index is 4.39. The highest BCUT2D eigenvalue weighted by Crippen LogP contribution is 2.17. The fraction of sp³-hybridized carbons (Fsp3) is 0.444. The summed E-state index contributed by atoms with van der Waals surface area (Å²) in [5, 5.41) is 4.15. The fourth-order valence-electron chi connectivity index (χ4n) is 0.846. The summed E-state index contributed by atoms with van der Waals surface area (Å²) in [6.45, 7) is 5.04. The Morgan fingerprint density at radius 3 is 2.75 bits per heavy atom. The third-order valence-corrected chi connectivity index (χ3v) is 2.67. The Kier molecular flexibility index (Phi) is 3.44. The van der Waals surface area contributed by atoms with E-state index in [-0.39, 0.29) is 0 Å². The first-order valence-corrected chi connectivity index (χ1v) is 4.81. The molecule has 0 saturated carbocycles. The Morgan fingerprint density at radius 1 is 1.50 bits per heavy atom. The van der Waals surface area contributed by atoms with Crippen molar-refractivity contribution in [1.29, 1.82) is 0 Å². The number of rotatable bonds is 3. The van der Waals surface area contributed by atoms with Gasteiger partial charge in [0.05, 0.1) is 5.69 Å². The summed E-state index contributed by atoms with van der Waals surface area (Å²) in [4.78, 5) is 5.69. The van der Waals surface area contributed by atoms with Gasteiger partial charge in [-0.2, -0.15) is 0 Å². The Bertz CT molecular complexity index is 257. The SMILES string of the molecule is CNCC=Cc1nc(C)c(C)s1. The van der Waals surface area contributed by atoms with Crippen molar-refractivity contribution >= 4 is 17.4 Å². The van der Waals surface area contributed by atoms with Gasteiger partial charge in [-0.05, 0) is 27.0 Å². The summed E-state index contributed by atoms with van der Waals surface area (Å²) in [5.74, 6) is 0. The van der Waals surface area contributed by atoms with Crippen LogP contribution in [0.5, 0.6) is 0 Å². The molecule has 0 radical (unpaired) electrons. The van der Waals surface area contributed by atoms with Crippen LogP contribution in [-0.2, 0) is 0 Å². The Labute approximate surface area is 77.3 Å². The fourth-order valence-corrected chi connectivity index (χ4v) is 1.70. The van der Waals surface area contributed by atoms with Crippen LogP contribution < -0.4 is 5.32 Å². The van der Waals surface area contributed by atoms with Crippen molar-refractivity contribution in [2.75, 3.05) is 13.6 Å². The lowest BCUT2D eigenvalue weighted by Gasteiger charge is -1.85. The van der Waals surface area contributed by atoms with Gasteiger partial charge in [0.25, 0.3) is 0 Å². The van der Waals surface area contributed by atoms with E-state index in [1.165, 1.54) is 4.88 Å². The molecule has 0 spiro atoms. The number of aryl methyl sites for hydroxylation is 2. The van der Waals surface area contributed by atoms with E-state index in [0.29, 0.717) is 0 Å². The first-order chi connectivity index (χ1) is 5.74. The zero-order valence-electron chi connectivity index (χ0n) is 7.72. The number of thiazole rings is 1. The van der Waals surface area contributed by atoms with Gasteiger partial charge in [0.15, 0.2) is 0 Å². The minimum absolute atomic E-state index is 0.900. The van der Waals surface area contributed by atoms with Gasteiger partial charge >= 0.3 is 0 Å².